The van der Waals surface area contributed by atoms with Crippen molar-refractivity contribution in [1.29, 1.82) is 0 Å². The summed E-state index contributed by atoms with van der Waals surface area (Å²) in [4.78, 5) is 68.2. The fourth-order valence-electron chi connectivity index (χ4n) is 7.11. The standard InChI is InChI=1S/C34H49N4O8P/c1-7-24-16-34(24,47(6,43)44)36-29(39)27-15-25-18-38(27)30(40)28(33(3,4)5)35-31(41)45-20-21(2)11-8-9-12-22-13-10-14-23-17-37(19-26(22)23)32(42)46-25/h7,10,13-14,21,24-25,27-28H,1,8-9,11-12,15-20H2,2-6H3,(H,35,41)(H,36,39)(H,43,44)/t21-,24+,25-,27+,28-,34+/m1/s1. The molecule has 1 saturated carbocycles. The smallest absolute Gasteiger partial charge is 0.410 e. The average molecular weight is 673 g/mol. The number of amides is 4. The molecule has 12 nitrogen and oxygen atoms in total. The summed E-state index contributed by atoms with van der Waals surface area (Å²) in [5, 5.41) is 4.13. The molecule has 1 aliphatic carbocycles. The van der Waals surface area contributed by atoms with Crippen LogP contribution in [0.25, 0.3) is 0 Å². The highest BCUT2D eigenvalue weighted by atomic mass is 31.2. The van der Waals surface area contributed by atoms with Crippen LogP contribution in [-0.4, -0.2) is 82.0 Å². The first-order chi connectivity index (χ1) is 22.0. The number of hydrogen-bond donors (Lipinski definition) is 3. The minimum absolute atomic E-state index is 0.0115. The van der Waals surface area contributed by atoms with Crippen LogP contribution in [0.3, 0.4) is 0 Å². The van der Waals surface area contributed by atoms with Gasteiger partial charge in [-0.3, -0.25) is 19.1 Å². The minimum Gasteiger partial charge on any atom is -0.449 e. The first kappa shape index (κ1) is 35.0. The summed E-state index contributed by atoms with van der Waals surface area (Å²) in [6, 6.07) is 3.93. The van der Waals surface area contributed by atoms with E-state index in [-0.39, 0.29) is 31.9 Å². The van der Waals surface area contributed by atoms with Crippen LogP contribution in [0.4, 0.5) is 9.59 Å². The first-order valence-corrected chi connectivity index (χ1v) is 18.7. The second kappa shape index (κ2) is 13.3. The summed E-state index contributed by atoms with van der Waals surface area (Å²) in [7, 11) is -3.81. The Balaban J connectivity index is 1.44. The molecule has 4 aliphatic rings. The molecule has 47 heavy (non-hydrogen) atoms. The number of nitrogens with one attached hydrogen (secondary N) is 2. The van der Waals surface area contributed by atoms with Gasteiger partial charge in [-0.1, -0.05) is 58.4 Å². The molecule has 0 radical (unpaired) electrons. The number of benzene rings is 1. The van der Waals surface area contributed by atoms with E-state index in [1.54, 1.807) is 31.7 Å². The van der Waals surface area contributed by atoms with Gasteiger partial charge in [-0.15, -0.1) is 6.58 Å². The van der Waals surface area contributed by atoms with Crippen molar-refractivity contribution < 1.29 is 38.1 Å². The van der Waals surface area contributed by atoms with E-state index >= 15 is 0 Å². The minimum atomic E-state index is -3.81. The zero-order valence-electron chi connectivity index (χ0n) is 28.1. The molecule has 3 N–H and O–H groups in total. The molecule has 4 amide bonds. The van der Waals surface area contributed by atoms with E-state index < -0.39 is 66.2 Å². The molecule has 3 aliphatic heterocycles. The Bertz CT molecular complexity index is 1470. The lowest BCUT2D eigenvalue weighted by Crippen LogP contribution is -2.58. The van der Waals surface area contributed by atoms with E-state index in [0.29, 0.717) is 13.1 Å². The van der Waals surface area contributed by atoms with Crippen molar-refractivity contribution >= 4 is 31.4 Å². The van der Waals surface area contributed by atoms with E-state index in [4.69, 9.17) is 9.47 Å². The Morgan fingerprint density at radius 2 is 1.91 bits per heavy atom. The molecule has 0 spiro atoms. The number of hydrogen-bond acceptors (Lipinski definition) is 7. The topological polar surface area (TPSA) is 155 Å². The first-order valence-electron chi connectivity index (χ1n) is 16.6. The Morgan fingerprint density at radius 3 is 2.57 bits per heavy atom. The average Bonchev–Trinajstić information content (AvgIpc) is 3.31. The van der Waals surface area contributed by atoms with E-state index in [1.807, 2.05) is 19.1 Å². The van der Waals surface area contributed by atoms with Gasteiger partial charge in [0.05, 0.1) is 13.2 Å². The van der Waals surface area contributed by atoms with Gasteiger partial charge >= 0.3 is 12.2 Å². The van der Waals surface area contributed by atoms with Crippen molar-refractivity contribution in [2.75, 3.05) is 19.8 Å². The van der Waals surface area contributed by atoms with Crippen LogP contribution in [-0.2, 0) is 43.1 Å². The molecule has 0 aromatic heterocycles. The Morgan fingerprint density at radius 1 is 1.19 bits per heavy atom. The Labute approximate surface area is 277 Å². The lowest BCUT2D eigenvalue weighted by atomic mass is 9.85. The fourth-order valence-corrected chi connectivity index (χ4v) is 8.68. The molecular formula is C34H49N4O8P. The van der Waals surface area contributed by atoms with Crippen molar-refractivity contribution in [3.63, 3.8) is 0 Å². The quantitative estimate of drug-likeness (QED) is 0.312. The summed E-state index contributed by atoms with van der Waals surface area (Å²) in [5.74, 6) is -1.45. The number of alkyl carbamates (subject to hydrolysis) is 1. The summed E-state index contributed by atoms with van der Waals surface area (Å²) in [6.45, 7) is 13.3. The van der Waals surface area contributed by atoms with Gasteiger partial charge in [0.15, 0.2) is 0 Å². The zero-order valence-corrected chi connectivity index (χ0v) is 29.0. The van der Waals surface area contributed by atoms with Crippen LogP contribution in [0, 0.1) is 17.3 Å². The molecule has 258 valence electrons. The second-order valence-electron chi connectivity index (χ2n) is 14.9. The Kier molecular flexibility index (Phi) is 9.86. The van der Waals surface area contributed by atoms with E-state index in [9.17, 15) is 28.6 Å². The van der Waals surface area contributed by atoms with Crippen LogP contribution in [0.1, 0.15) is 76.5 Å². The Hall–Kier alpha value is -3.37. The highest BCUT2D eigenvalue weighted by Crippen LogP contribution is 2.67. The summed E-state index contributed by atoms with van der Waals surface area (Å²) < 4.78 is 24.4. The molecule has 1 saturated heterocycles. The number of carbonyl (C=O) groups excluding carboxylic acids is 4. The maximum atomic E-state index is 14.3. The van der Waals surface area contributed by atoms with Gasteiger partial charge in [0.1, 0.15) is 23.5 Å². The van der Waals surface area contributed by atoms with Gasteiger partial charge in [0.2, 0.25) is 19.2 Å². The van der Waals surface area contributed by atoms with Crippen LogP contribution in [0.15, 0.2) is 30.9 Å². The van der Waals surface area contributed by atoms with Crippen molar-refractivity contribution in [3.05, 3.63) is 47.5 Å². The third-order valence-corrected chi connectivity index (χ3v) is 12.2. The van der Waals surface area contributed by atoms with E-state index in [0.717, 1.165) is 36.8 Å². The molecule has 1 unspecified atom stereocenters. The zero-order chi connectivity index (χ0) is 34.3. The third kappa shape index (κ3) is 7.38. The number of carbonyl (C=O) groups is 4. The number of fused-ring (bicyclic) bond motifs is 3. The van der Waals surface area contributed by atoms with E-state index in [2.05, 4.69) is 23.3 Å². The van der Waals surface area contributed by atoms with Gasteiger partial charge in [-0.05, 0) is 53.7 Å². The summed E-state index contributed by atoms with van der Waals surface area (Å²) >= 11 is 0. The van der Waals surface area contributed by atoms with Crippen molar-refractivity contribution in [2.45, 2.75) is 103 Å². The predicted molar refractivity (Wildman–Crippen MR) is 175 cm³/mol. The maximum absolute atomic E-state index is 14.3. The van der Waals surface area contributed by atoms with Gasteiger partial charge in [-0.25, -0.2) is 9.59 Å². The van der Waals surface area contributed by atoms with Crippen molar-refractivity contribution in [2.24, 2.45) is 17.3 Å². The van der Waals surface area contributed by atoms with Crippen LogP contribution >= 0.6 is 7.37 Å². The normalized spacial score (nSPS) is 31.6. The van der Waals surface area contributed by atoms with Crippen LogP contribution < -0.4 is 10.6 Å². The molecule has 13 heteroatoms. The SMILES string of the molecule is C=C[C@H]1C[C@]1(NC(=O)[C@@H]1C[C@@H]2CN1C(=O)[C@H](C(C)(C)C)NC(=O)OC[C@H](C)CCCCc1cccc3c1CN(C3)C(=O)O2)P(C)(=O)O. The molecule has 5 rings (SSSR count). The molecule has 7 atom stereocenters. The van der Waals surface area contributed by atoms with E-state index in [1.165, 1.54) is 17.1 Å². The summed E-state index contributed by atoms with van der Waals surface area (Å²) in [5.41, 5.74) is 2.62. The number of nitrogens with zero attached hydrogens (tertiary/aromatic N) is 2. The highest BCUT2D eigenvalue weighted by molar-refractivity contribution is 7.59. The number of ether oxygens (including phenoxy) is 2. The number of cyclic esters (lactones) is 1. The molecular weight excluding hydrogens is 623 g/mol. The fraction of sp³-hybridized carbons (Fsp3) is 0.647. The predicted octanol–water partition coefficient (Wildman–Crippen LogP) is 4.53. The number of aryl methyl sites for hydroxylation is 1. The monoisotopic (exact) mass is 672 g/mol. The third-order valence-electron chi connectivity index (χ3n) is 10.1. The van der Waals surface area contributed by atoms with Gasteiger partial charge < -0.3 is 29.9 Å². The number of rotatable bonds is 4. The van der Waals surface area contributed by atoms with Gasteiger partial charge in [0, 0.05) is 32.1 Å². The second-order valence-corrected chi connectivity index (χ2v) is 17.4. The molecule has 2 fully saturated rings. The molecule has 4 bridgehead atoms. The van der Waals surface area contributed by atoms with Crippen LogP contribution in [0.5, 0.6) is 0 Å². The highest BCUT2D eigenvalue weighted by Gasteiger charge is 2.64. The van der Waals surface area contributed by atoms with Gasteiger partial charge in [-0.2, -0.15) is 0 Å². The largest absolute Gasteiger partial charge is 0.449 e. The lowest BCUT2D eigenvalue weighted by molar-refractivity contribution is -0.142. The summed E-state index contributed by atoms with van der Waals surface area (Å²) in [6.07, 6.45) is 3.32. The van der Waals surface area contributed by atoms with Crippen LogP contribution in [0.2, 0.25) is 0 Å². The van der Waals surface area contributed by atoms with Crippen molar-refractivity contribution in [1.82, 2.24) is 20.4 Å². The lowest BCUT2D eigenvalue weighted by Gasteiger charge is -2.35. The molecule has 3 heterocycles. The van der Waals surface area contributed by atoms with Crippen molar-refractivity contribution in [3.8, 4) is 0 Å². The molecule has 1 aromatic rings. The maximum Gasteiger partial charge on any atom is 0.410 e. The van der Waals surface area contributed by atoms with Gasteiger partial charge in [0.25, 0.3) is 0 Å². The molecule has 1 aromatic carbocycles.